The number of aliphatic hydroxyl groups excluding tert-OH is 1. The third kappa shape index (κ3) is 4.18. The fourth-order valence-electron chi connectivity index (χ4n) is 3.51. The summed E-state index contributed by atoms with van der Waals surface area (Å²) < 4.78 is 6.10. The van der Waals surface area contributed by atoms with E-state index < -0.39 is 6.10 Å². The lowest BCUT2D eigenvalue weighted by molar-refractivity contribution is 0.183. The van der Waals surface area contributed by atoms with Crippen molar-refractivity contribution in [2.24, 2.45) is 0 Å². The van der Waals surface area contributed by atoms with Gasteiger partial charge in [-0.25, -0.2) is 4.98 Å². The highest BCUT2D eigenvalue weighted by atomic mass is 35.5. The Hall–Kier alpha value is -2.30. The van der Waals surface area contributed by atoms with E-state index in [1.807, 2.05) is 18.2 Å². The van der Waals surface area contributed by atoms with Crippen LogP contribution in [0.3, 0.4) is 0 Å². The number of piperidine rings is 1. The van der Waals surface area contributed by atoms with Crippen LogP contribution in [0, 0.1) is 0 Å². The molecule has 1 atom stereocenters. The van der Waals surface area contributed by atoms with Crippen molar-refractivity contribution in [3.63, 3.8) is 0 Å². The largest absolute Gasteiger partial charge is 0.422 e. The average Bonchev–Trinajstić information content (AvgIpc) is 3.13. The van der Waals surface area contributed by atoms with E-state index in [9.17, 15) is 5.11 Å². The topological polar surface area (TPSA) is 49.5 Å². The van der Waals surface area contributed by atoms with Crippen molar-refractivity contribution in [2.75, 3.05) is 18.0 Å². The summed E-state index contributed by atoms with van der Waals surface area (Å²) in [4.78, 5) is 6.94. The van der Waals surface area contributed by atoms with E-state index in [1.165, 1.54) is 12.0 Å². The first-order valence-electron chi connectivity index (χ1n) is 9.43. The molecule has 1 fully saturated rings. The number of rotatable bonds is 5. The lowest BCUT2D eigenvalue weighted by Gasteiger charge is -2.26. The molecule has 1 saturated heterocycles. The summed E-state index contributed by atoms with van der Waals surface area (Å²) in [5.41, 5.74) is 2.78. The number of anilines is 1. The van der Waals surface area contributed by atoms with Crippen LogP contribution in [0.15, 0.2) is 59.0 Å². The zero-order valence-electron chi connectivity index (χ0n) is 15.1. The van der Waals surface area contributed by atoms with Crippen molar-refractivity contribution >= 4 is 17.5 Å². The second-order valence-electron chi connectivity index (χ2n) is 6.97. The molecular formula is C22H23ClN2O2. The summed E-state index contributed by atoms with van der Waals surface area (Å²) in [6, 6.07) is 17.4. The van der Waals surface area contributed by atoms with Gasteiger partial charge in [-0.15, -0.1) is 0 Å². The molecule has 0 radical (unpaired) electrons. The fraction of sp³-hybridized carbons (Fsp3) is 0.318. The van der Waals surface area contributed by atoms with Gasteiger partial charge in [-0.3, -0.25) is 0 Å². The molecule has 2 aromatic carbocycles. The predicted octanol–water partition coefficient (Wildman–Crippen LogP) is 4.99. The fourth-order valence-corrected chi connectivity index (χ4v) is 3.64. The lowest BCUT2D eigenvalue weighted by Crippen LogP contribution is -2.29. The first-order chi connectivity index (χ1) is 13.2. The molecule has 4 rings (SSSR count). The number of benzene rings is 2. The number of halogens is 1. The molecule has 140 valence electrons. The Morgan fingerprint density at radius 3 is 2.41 bits per heavy atom. The van der Waals surface area contributed by atoms with Gasteiger partial charge in [-0.2, -0.15) is 0 Å². The van der Waals surface area contributed by atoms with E-state index >= 15 is 0 Å². The van der Waals surface area contributed by atoms with Crippen LogP contribution < -0.4 is 4.90 Å². The Labute approximate surface area is 164 Å². The minimum atomic E-state index is -0.907. The molecule has 2 heterocycles. The Morgan fingerprint density at radius 1 is 1.00 bits per heavy atom. The highest BCUT2D eigenvalue weighted by Gasteiger charge is 2.25. The van der Waals surface area contributed by atoms with E-state index in [0.29, 0.717) is 17.3 Å². The molecule has 4 nitrogen and oxygen atoms in total. The molecule has 0 unspecified atom stereocenters. The Bertz CT molecular complexity index is 871. The van der Waals surface area contributed by atoms with Crippen LogP contribution in [0.2, 0.25) is 5.02 Å². The maximum Gasteiger partial charge on any atom is 0.230 e. The number of hydrogen-bond acceptors (Lipinski definition) is 4. The predicted molar refractivity (Wildman–Crippen MR) is 107 cm³/mol. The first-order valence-corrected chi connectivity index (χ1v) is 9.80. The minimum absolute atomic E-state index is 0.337. The monoisotopic (exact) mass is 382 g/mol. The van der Waals surface area contributed by atoms with Gasteiger partial charge in [-0.05, 0) is 42.5 Å². The summed E-state index contributed by atoms with van der Waals surface area (Å²) >= 11 is 5.96. The van der Waals surface area contributed by atoms with Crippen molar-refractivity contribution in [1.29, 1.82) is 0 Å². The maximum absolute atomic E-state index is 10.8. The highest BCUT2D eigenvalue weighted by molar-refractivity contribution is 6.30. The molecule has 0 amide bonds. The van der Waals surface area contributed by atoms with E-state index in [4.69, 9.17) is 16.0 Å². The molecular weight excluding hydrogens is 360 g/mol. The normalized spacial score (nSPS) is 15.7. The highest BCUT2D eigenvalue weighted by Crippen LogP contribution is 2.32. The van der Waals surface area contributed by atoms with E-state index in [1.54, 1.807) is 24.3 Å². The standard InChI is InChI=1S/C22H23ClN2O2/c23-18-11-9-17(10-12-18)20(26)21-24-19(15-16-7-3-1-4-8-16)22(27-21)25-13-5-2-6-14-25/h1,3-4,7-12,20,26H,2,5-6,13-15H2/t20-/m0/s1. The van der Waals surface area contributed by atoms with Gasteiger partial charge < -0.3 is 14.4 Å². The molecule has 1 aromatic heterocycles. The van der Waals surface area contributed by atoms with Gasteiger partial charge in [0.1, 0.15) is 5.69 Å². The lowest BCUT2D eigenvalue weighted by atomic mass is 10.1. The molecule has 1 N–H and O–H groups in total. The SMILES string of the molecule is O[C@@H](c1ccc(Cl)cc1)c1nc(Cc2ccccc2)c(N2CCCCC2)o1. The summed E-state index contributed by atoms with van der Waals surface area (Å²) in [5, 5.41) is 11.4. The molecule has 0 spiro atoms. The molecule has 1 aliphatic heterocycles. The molecule has 0 saturated carbocycles. The number of oxazole rings is 1. The molecule has 27 heavy (non-hydrogen) atoms. The quantitative estimate of drug-likeness (QED) is 0.675. The Balaban J connectivity index is 1.66. The molecule has 0 aliphatic carbocycles. The number of hydrogen-bond donors (Lipinski definition) is 1. The maximum atomic E-state index is 10.8. The van der Waals surface area contributed by atoms with Crippen LogP contribution in [-0.4, -0.2) is 23.2 Å². The van der Waals surface area contributed by atoms with Gasteiger partial charge in [0.2, 0.25) is 11.8 Å². The van der Waals surface area contributed by atoms with Gasteiger partial charge in [0.05, 0.1) is 0 Å². The zero-order valence-corrected chi connectivity index (χ0v) is 15.9. The second-order valence-corrected chi connectivity index (χ2v) is 7.40. The van der Waals surface area contributed by atoms with Gasteiger partial charge in [-0.1, -0.05) is 54.1 Å². The molecule has 3 aromatic rings. The van der Waals surface area contributed by atoms with E-state index in [0.717, 1.165) is 43.1 Å². The summed E-state index contributed by atoms with van der Waals surface area (Å²) in [6.45, 7) is 1.93. The molecule has 5 heteroatoms. The summed E-state index contributed by atoms with van der Waals surface area (Å²) in [5.74, 6) is 1.13. The number of nitrogens with zero attached hydrogens (tertiary/aromatic N) is 2. The van der Waals surface area contributed by atoms with Gasteiger partial charge in [0.15, 0.2) is 6.10 Å². The third-order valence-corrected chi connectivity index (χ3v) is 5.22. The van der Waals surface area contributed by atoms with Crippen LogP contribution in [-0.2, 0) is 6.42 Å². The van der Waals surface area contributed by atoms with Crippen molar-refractivity contribution in [1.82, 2.24) is 4.98 Å². The summed E-state index contributed by atoms with van der Waals surface area (Å²) in [6.07, 6.45) is 3.33. The van der Waals surface area contributed by atoms with Crippen LogP contribution in [0.4, 0.5) is 5.88 Å². The molecule has 1 aliphatic rings. The van der Waals surface area contributed by atoms with Crippen LogP contribution >= 0.6 is 11.6 Å². The Morgan fingerprint density at radius 2 is 1.70 bits per heavy atom. The smallest absolute Gasteiger partial charge is 0.230 e. The average molecular weight is 383 g/mol. The van der Waals surface area contributed by atoms with Crippen molar-refractivity contribution in [3.05, 3.63) is 82.3 Å². The van der Waals surface area contributed by atoms with E-state index in [-0.39, 0.29) is 0 Å². The van der Waals surface area contributed by atoms with E-state index in [2.05, 4.69) is 22.0 Å². The van der Waals surface area contributed by atoms with Crippen LogP contribution in [0.1, 0.15) is 48.1 Å². The number of aliphatic hydroxyl groups is 1. The summed E-state index contributed by atoms with van der Waals surface area (Å²) in [7, 11) is 0. The molecule has 0 bridgehead atoms. The van der Waals surface area contributed by atoms with Crippen LogP contribution in [0.25, 0.3) is 0 Å². The first kappa shape index (κ1) is 18.1. The van der Waals surface area contributed by atoms with Crippen molar-refractivity contribution in [2.45, 2.75) is 31.8 Å². The van der Waals surface area contributed by atoms with Gasteiger partial charge >= 0.3 is 0 Å². The van der Waals surface area contributed by atoms with Crippen molar-refractivity contribution < 1.29 is 9.52 Å². The second kappa shape index (κ2) is 8.15. The van der Waals surface area contributed by atoms with Crippen molar-refractivity contribution in [3.8, 4) is 0 Å². The van der Waals surface area contributed by atoms with Crippen LogP contribution in [0.5, 0.6) is 0 Å². The third-order valence-electron chi connectivity index (χ3n) is 4.97. The van der Waals surface area contributed by atoms with Gasteiger partial charge in [0, 0.05) is 24.5 Å². The van der Waals surface area contributed by atoms with Gasteiger partial charge in [0.25, 0.3) is 0 Å². The minimum Gasteiger partial charge on any atom is -0.422 e. The number of aromatic nitrogens is 1. The zero-order chi connectivity index (χ0) is 18.6. The Kier molecular flexibility index (Phi) is 5.46.